The van der Waals surface area contributed by atoms with Crippen molar-refractivity contribution in [2.75, 3.05) is 5.75 Å². The van der Waals surface area contributed by atoms with Crippen LogP contribution in [0.3, 0.4) is 0 Å². The van der Waals surface area contributed by atoms with Gasteiger partial charge in [0.05, 0.1) is 17.1 Å². The molecule has 1 unspecified atom stereocenters. The van der Waals surface area contributed by atoms with Gasteiger partial charge in [-0.15, -0.1) is 0 Å². The Morgan fingerprint density at radius 3 is 1.80 bits per heavy atom. The first-order valence-electron chi connectivity index (χ1n) is 1.61. The molecule has 0 saturated heterocycles. The fourth-order valence-corrected chi connectivity index (χ4v) is 0. The van der Waals surface area contributed by atoms with Crippen molar-refractivity contribution in [3.63, 3.8) is 0 Å². The summed E-state index contributed by atoms with van der Waals surface area (Å²) in [5, 5.41) is 7.65. The van der Waals surface area contributed by atoms with E-state index in [9.17, 15) is 4.79 Å². The number of hydrogen-bond acceptors (Lipinski definition) is 4. The van der Waals surface area contributed by atoms with Crippen LogP contribution in [0.15, 0.2) is 0 Å². The summed E-state index contributed by atoms with van der Waals surface area (Å²) in [5.74, 6) is -0.965. The molecule has 0 heterocycles. The standard InChI is InChI=1S/C2H4O2S.Na.H2O3S/c3-2(4)1-5;;1-4(2)3/h5H,1H2,(H,3,4);;(H2,1,2,3)/q;+1;/p-1. The number of rotatable bonds is 1. The van der Waals surface area contributed by atoms with Crippen LogP contribution in [0.2, 0.25) is 0 Å². The Hall–Kier alpha value is 0.890. The zero-order chi connectivity index (χ0) is 7.86. The summed E-state index contributed by atoms with van der Waals surface area (Å²) in [6.45, 7) is 0. The number of thiol groups is 1. The molecule has 10 heavy (non-hydrogen) atoms. The second-order valence-corrected chi connectivity index (χ2v) is 1.52. The van der Waals surface area contributed by atoms with Crippen LogP contribution < -0.4 is 29.6 Å². The van der Waals surface area contributed by atoms with Gasteiger partial charge < -0.3 is 14.2 Å². The van der Waals surface area contributed by atoms with E-state index in [1.807, 2.05) is 0 Å². The maximum absolute atomic E-state index is 9.29. The van der Waals surface area contributed by atoms with Crippen LogP contribution in [0, 0.1) is 0 Å². The molecule has 5 nitrogen and oxygen atoms in total. The predicted octanol–water partition coefficient (Wildman–Crippen LogP) is -3.66. The summed E-state index contributed by atoms with van der Waals surface area (Å²) < 4.78 is 24.1. The van der Waals surface area contributed by atoms with E-state index in [-0.39, 0.29) is 35.3 Å². The van der Waals surface area contributed by atoms with Crippen molar-refractivity contribution in [2.45, 2.75) is 0 Å². The molecule has 0 aliphatic heterocycles. The predicted molar refractivity (Wildman–Crippen MR) is 33.0 cm³/mol. The van der Waals surface area contributed by atoms with Crippen LogP contribution in [0.25, 0.3) is 0 Å². The van der Waals surface area contributed by atoms with Gasteiger partial charge in [-0.05, 0) is 0 Å². The maximum atomic E-state index is 9.29. The van der Waals surface area contributed by atoms with Gasteiger partial charge in [-0.1, -0.05) is 0 Å². The Bertz CT molecular complexity index is 102. The Kier molecular flexibility index (Phi) is 21.5. The van der Waals surface area contributed by atoms with E-state index in [0.717, 1.165) is 0 Å². The van der Waals surface area contributed by atoms with Gasteiger partial charge in [0.15, 0.2) is 0 Å². The first-order chi connectivity index (χ1) is 4.00. The van der Waals surface area contributed by atoms with Gasteiger partial charge in [0, 0.05) is 0 Å². The van der Waals surface area contributed by atoms with Crippen molar-refractivity contribution in [1.29, 1.82) is 0 Å². The van der Waals surface area contributed by atoms with Crippen molar-refractivity contribution in [1.82, 2.24) is 0 Å². The Balaban J connectivity index is -0.0000000910. The first-order valence-corrected chi connectivity index (χ1v) is 3.28. The summed E-state index contributed by atoms with van der Waals surface area (Å²) in [4.78, 5) is 9.29. The van der Waals surface area contributed by atoms with Gasteiger partial charge in [0.1, 0.15) is 0 Å². The molecule has 56 valence electrons. The topological polar surface area (TPSA) is 97.7 Å². The molecule has 0 aromatic rings. The van der Waals surface area contributed by atoms with Crippen LogP contribution in [-0.4, -0.2) is 30.1 Å². The Morgan fingerprint density at radius 1 is 1.70 bits per heavy atom. The molecule has 1 atom stereocenters. The van der Waals surface area contributed by atoms with Gasteiger partial charge in [0.25, 0.3) is 0 Å². The van der Waals surface area contributed by atoms with Crippen LogP contribution in [0.4, 0.5) is 0 Å². The molecule has 0 radical (unpaired) electrons. The van der Waals surface area contributed by atoms with E-state index in [4.69, 9.17) is 18.4 Å². The second kappa shape index (κ2) is 12.6. The number of carboxylic acids is 1. The smallest absolute Gasteiger partial charge is 0.750 e. The van der Waals surface area contributed by atoms with Crippen molar-refractivity contribution >= 4 is 30.0 Å². The molecule has 0 saturated carbocycles. The van der Waals surface area contributed by atoms with Crippen molar-refractivity contribution in [3.05, 3.63) is 0 Å². The van der Waals surface area contributed by atoms with Crippen LogP contribution in [-0.2, 0) is 16.2 Å². The third kappa shape index (κ3) is 66.3. The fraction of sp³-hybridized carbons (Fsp3) is 0.500. The van der Waals surface area contributed by atoms with E-state index in [2.05, 4.69) is 12.6 Å². The number of carbonyl (C=O) groups is 1. The summed E-state index contributed by atoms with van der Waals surface area (Å²) in [5.41, 5.74) is 0. The molecule has 0 spiro atoms. The number of aliphatic carboxylic acids is 1. The third-order valence-electron chi connectivity index (χ3n) is 0.135. The monoisotopic (exact) mass is 196 g/mol. The average molecular weight is 196 g/mol. The van der Waals surface area contributed by atoms with E-state index in [1.165, 1.54) is 0 Å². The maximum Gasteiger partial charge on any atom is 1.00 e. The molecule has 0 aromatic carbocycles. The minimum Gasteiger partial charge on any atom is -0.750 e. The third-order valence-corrected chi connectivity index (χ3v) is 0.406. The quantitative estimate of drug-likeness (QED) is 0.228. The van der Waals surface area contributed by atoms with Gasteiger partial charge in [0.2, 0.25) is 0 Å². The molecule has 8 heteroatoms. The summed E-state index contributed by atoms with van der Waals surface area (Å²) in [6.07, 6.45) is 0. The molecular formula is C2H5NaO5S2. The minimum atomic E-state index is -2.86. The van der Waals surface area contributed by atoms with Crippen LogP contribution in [0.5, 0.6) is 0 Å². The summed E-state index contributed by atoms with van der Waals surface area (Å²) in [7, 11) is 0. The average Bonchev–Trinajstić information content (AvgIpc) is 1.65. The largest absolute Gasteiger partial charge is 1.00 e. The zero-order valence-electron chi connectivity index (χ0n) is 5.18. The molecular weight excluding hydrogens is 191 g/mol. The van der Waals surface area contributed by atoms with Crippen molar-refractivity contribution in [2.24, 2.45) is 0 Å². The minimum absolute atomic E-state index is 0. The van der Waals surface area contributed by atoms with E-state index >= 15 is 0 Å². The molecule has 0 bridgehead atoms. The van der Waals surface area contributed by atoms with E-state index in [1.54, 1.807) is 0 Å². The van der Waals surface area contributed by atoms with Crippen LogP contribution >= 0.6 is 12.6 Å². The molecule has 0 amide bonds. The molecule has 0 aromatic heterocycles. The molecule has 0 rings (SSSR count). The van der Waals surface area contributed by atoms with Crippen LogP contribution in [0.1, 0.15) is 0 Å². The molecule has 2 N–H and O–H groups in total. The van der Waals surface area contributed by atoms with Gasteiger partial charge in [-0.25, -0.2) is 4.21 Å². The SMILES string of the molecule is O=C(O)CS.O=S([O-])O.[Na+]. The molecule has 0 fully saturated rings. The van der Waals surface area contributed by atoms with Gasteiger partial charge in [-0.2, -0.15) is 12.6 Å². The Morgan fingerprint density at radius 2 is 1.80 bits per heavy atom. The molecule has 0 aliphatic rings. The zero-order valence-corrected chi connectivity index (χ0v) is 8.89. The number of hydrogen-bond donors (Lipinski definition) is 3. The van der Waals surface area contributed by atoms with E-state index < -0.39 is 17.3 Å². The summed E-state index contributed by atoms with van der Waals surface area (Å²) >= 11 is 0.555. The van der Waals surface area contributed by atoms with E-state index in [0.29, 0.717) is 0 Å². The fourth-order valence-electron chi connectivity index (χ4n) is 0. The van der Waals surface area contributed by atoms with Gasteiger partial charge in [-0.3, -0.25) is 4.79 Å². The van der Waals surface area contributed by atoms with Gasteiger partial charge >= 0.3 is 35.5 Å². The normalized spacial score (nSPS) is 9.90. The number of carboxylic acid groups (broad SMARTS) is 1. The van der Waals surface area contributed by atoms with Crippen molar-refractivity contribution < 1.29 is 52.8 Å². The first kappa shape index (κ1) is 17.1. The summed E-state index contributed by atoms with van der Waals surface area (Å²) in [6, 6.07) is 0. The second-order valence-electron chi connectivity index (χ2n) is 0.769. The Labute approximate surface area is 88.0 Å². The molecule has 0 aliphatic carbocycles. The van der Waals surface area contributed by atoms with Crippen molar-refractivity contribution in [3.8, 4) is 0 Å².